The van der Waals surface area contributed by atoms with Crippen LogP contribution in [0.2, 0.25) is 5.02 Å². The van der Waals surface area contributed by atoms with Crippen LogP contribution >= 0.6 is 11.6 Å². The highest BCUT2D eigenvalue weighted by Crippen LogP contribution is 2.48. The predicted molar refractivity (Wildman–Crippen MR) is 99.4 cm³/mol. The van der Waals surface area contributed by atoms with Crippen LogP contribution in [-0.2, 0) is 5.66 Å². The molecular weight excluding hydrogens is 348 g/mol. The summed E-state index contributed by atoms with van der Waals surface area (Å²) >= 11 is 6.24. The number of halogens is 1. The van der Waals surface area contributed by atoms with Gasteiger partial charge in [-0.1, -0.05) is 54.1 Å². The molecule has 0 radical (unpaired) electrons. The first kappa shape index (κ1) is 15.2. The summed E-state index contributed by atoms with van der Waals surface area (Å²) in [4.78, 5) is 27.9. The fraction of sp³-hybridized carbons (Fsp3) is 0.0476. The van der Waals surface area contributed by atoms with Crippen LogP contribution in [-0.4, -0.2) is 11.8 Å². The van der Waals surface area contributed by atoms with Crippen LogP contribution in [0.1, 0.15) is 31.8 Å². The van der Waals surface area contributed by atoms with Crippen LogP contribution in [0.25, 0.3) is 0 Å². The Kier molecular flexibility index (Phi) is 3.03. The number of rotatable bonds is 1. The second kappa shape index (κ2) is 5.19. The highest BCUT2D eigenvalue weighted by Gasteiger charge is 2.55. The fourth-order valence-corrected chi connectivity index (χ4v) is 4.14. The first-order valence-electron chi connectivity index (χ1n) is 8.24. The lowest BCUT2D eigenvalue weighted by atomic mass is 9.88. The van der Waals surface area contributed by atoms with Gasteiger partial charge in [-0.2, -0.15) is 0 Å². The Morgan fingerprint density at radius 2 is 1.58 bits per heavy atom. The largest absolute Gasteiger partial charge is 0.321 e. The van der Waals surface area contributed by atoms with E-state index in [1.807, 2.05) is 36.4 Å². The summed E-state index contributed by atoms with van der Waals surface area (Å²) in [5.74, 6) is -0.366. The van der Waals surface area contributed by atoms with Gasteiger partial charge in [0.2, 0.25) is 0 Å². The van der Waals surface area contributed by atoms with Crippen molar-refractivity contribution in [2.75, 3.05) is 4.90 Å². The van der Waals surface area contributed by atoms with Crippen molar-refractivity contribution >= 4 is 29.1 Å². The van der Waals surface area contributed by atoms with Gasteiger partial charge in [-0.25, -0.2) is 0 Å². The number of benzene rings is 3. The number of fused-ring (bicyclic) bond motifs is 5. The number of amides is 2. The number of para-hydroxylation sites is 1. The molecule has 1 N–H and O–H groups in total. The molecule has 126 valence electrons. The van der Waals surface area contributed by atoms with Crippen molar-refractivity contribution in [2.45, 2.75) is 5.66 Å². The molecule has 0 saturated heterocycles. The molecule has 0 aliphatic carbocycles. The lowest BCUT2D eigenvalue weighted by Crippen LogP contribution is -2.60. The van der Waals surface area contributed by atoms with Crippen molar-refractivity contribution in [3.63, 3.8) is 0 Å². The summed E-state index contributed by atoms with van der Waals surface area (Å²) in [6, 6.07) is 21.8. The molecule has 0 bridgehead atoms. The minimum atomic E-state index is -1.11. The zero-order valence-corrected chi connectivity index (χ0v) is 14.3. The zero-order valence-electron chi connectivity index (χ0n) is 13.6. The number of nitrogens with one attached hydrogen (secondary N) is 1. The molecule has 2 aliphatic heterocycles. The van der Waals surface area contributed by atoms with E-state index in [-0.39, 0.29) is 11.8 Å². The fourth-order valence-electron chi connectivity index (χ4n) is 3.95. The number of nitrogens with zero attached hydrogens (tertiary/aromatic N) is 1. The summed E-state index contributed by atoms with van der Waals surface area (Å²) < 4.78 is 0. The third-order valence-electron chi connectivity index (χ3n) is 5.01. The van der Waals surface area contributed by atoms with Crippen molar-refractivity contribution in [1.29, 1.82) is 0 Å². The summed E-state index contributed by atoms with van der Waals surface area (Å²) in [5, 5.41) is 3.63. The van der Waals surface area contributed by atoms with Gasteiger partial charge < -0.3 is 5.32 Å². The highest BCUT2D eigenvalue weighted by molar-refractivity contribution is 6.30. The number of anilines is 1. The molecule has 0 aromatic heterocycles. The maximum absolute atomic E-state index is 13.3. The van der Waals surface area contributed by atoms with E-state index in [0.717, 1.165) is 11.1 Å². The van der Waals surface area contributed by atoms with E-state index in [0.29, 0.717) is 21.8 Å². The minimum absolute atomic E-state index is 0.145. The van der Waals surface area contributed by atoms with Crippen molar-refractivity contribution in [3.8, 4) is 0 Å². The molecule has 3 aromatic rings. The van der Waals surface area contributed by atoms with E-state index in [4.69, 9.17) is 11.6 Å². The van der Waals surface area contributed by atoms with Gasteiger partial charge in [-0.05, 0) is 30.3 Å². The summed E-state index contributed by atoms with van der Waals surface area (Å²) in [7, 11) is 0. The molecule has 2 heterocycles. The van der Waals surface area contributed by atoms with E-state index in [2.05, 4.69) is 5.32 Å². The van der Waals surface area contributed by atoms with Gasteiger partial charge in [0.25, 0.3) is 11.8 Å². The lowest BCUT2D eigenvalue weighted by Gasteiger charge is -2.44. The number of hydrogen-bond acceptors (Lipinski definition) is 2. The maximum Gasteiger partial charge on any atom is 0.261 e. The van der Waals surface area contributed by atoms with Gasteiger partial charge in [0.15, 0.2) is 5.66 Å². The van der Waals surface area contributed by atoms with Crippen LogP contribution in [0.4, 0.5) is 5.69 Å². The molecule has 2 amide bonds. The zero-order chi connectivity index (χ0) is 17.9. The lowest BCUT2D eigenvalue weighted by molar-refractivity contribution is 0.0878. The topological polar surface area (TPSA) is 49.4 Å². The molecular formula is C21H13ClN2O2. The van der Waals surface area contributed by atoms with Gasteiger partial charge in [0, 0.05) is 21.7 Å². The first-order chi connectivity index (χ1) is 12.6. The number of carbonyl (C=O) groups excluding carboxylic acids is 2. The van der Waals surface area contributed by atoms with Crippen molar-refractivity contribution < 1.29 is 9.59 Å². The molecule has 4 nitrogen and oxygen atoms in total. The third kappa shape index (κ3) is 1.79. The molecule has 1 unspecified atom stereocenters. The van der Waals surface area contributed by atoms with Crippen LogP contribution in [0.3, 0.4) is 0 Å². The molecule has 0 saturated carbocycles. The standard InChI is InChI=1S/C21H13ClN2O2/c22-14-7-5-6-13(12-14)21-17-10-3-1-8-15(17)20(26)24(21)18-11-4-2-9-16(18)19(25)23-21/h1-12H,(H,23,25). The van der Waals surface area contributed by atoms with Gasteiger partial charge in [-0.15, -0.1) is 0 Å². The van der Waals surface area contributed by atoms with Crippen LogP contribution in [0, 0.1) is 0 Å². The molecule has 0 spiro atoms. The van der Waals surface area contributed by atoms with E-state index >= 15 is 0 Å². The Morgan fingerprint density at radius 1 is 0.846 bits per heavy atom. The third-order valence-corrected chi connectivity index (χ3v) is 5.25. The van der Waals surface area contributed by atoms with Crippen molar-refractivity contribution in [3.05, 3.63) is 100 Å². The molecule has 3 aromatic carbocycles. The molecule has 5 heteroatoms. The predicted octanol–water partition coefficient (Wildman–Crippen LogP) is 3.94. The Morgan fingerprint density at radius 3 is 2.38 bits per heavy atom. The number of carbonyl (C=O) groups is 2. The molecule has 26 heavy (non-hydrogen) atoms. The second-order valence-electron chi connectivity index (χ2n) is 6.38. The van der Waals surface area contributed by atoms with Crippen LogP contribution in [0.5, 0.6) is 0 Å². The second-order valence-corrected chi connectivity index (χ2v) is 6.81. The monoisotopic (exact) mass is 360 g/mol. The molecule has 5 rings (SSSR count). The van der Waals surface area contributed by atoms with E-state index in [9.17, 15) is 9.59 Å². The Hall–Kier alpha value is -3.11. The van der Waals surface area contributed by atoms with E-state index < -0.39 is 5.66 Å². The average Bonchev–Trinajstić information content (AvgIpc) is 2.92. The Balaban J connectivity index is 1.90. The van der Waals surface area contributed by atoms with E-state index in [1.165, 1.54) is 0 Å². The Bertz CT molecular complexity index is 1090. The van der Waals surface area contributed by atoms with Gasteiger partial charge in [0.05, 0.1) is 11.3 Å². The summed E-state index contributed by atoms with van der Waals surface area (Å²) in [6.07, 6.45) is 0. The first-order valence-corrected chi connectivity index (χ1v) is 8.62. The van der Waals surface area contributed by atoms with E-state index in [1.54, 1.807) is 41.3 Å². The summed E-state index contributed by atoms with van der Waals surface area (Å²) in [6.45, 7) is 0. The number of hydrogen-bond donors (Lipinski definition) is 1. The normalized spacial score (nSPS) is 20.3. The van der Waals surface area contributed by atoms with Gasteiger partial charge in [0.1, 0.15) is 0 Å². The van der Waals surface area contributed by atoms with Gasteiger partial charge >= 0.3 is 0 Å². The van der Waals surface area contributed by atoms with Crippen molar-refractivity contribution in [1.82, 2.24) is 5.32 Å². The van der Waals surface area contributed by atoms with Crippen molar-refractivity contribution in [2.24, 2.45) is 0 Å². The Labute approximate surface area is 155 Å². The highest BCUT2D eigenvalue weighted by atomic mass is 35.5. The van der Waals surface area contributed by atoms with Gasteiger partial charge in [-0.3, -0.25) is 14.5 Å². The molecule has 1 atom stereocenters. The minimum Gasteiger partial charge on any atom is -0.321 e. The quantitative estimate of drug-likeness (QED) is 0.714. The maximum atomic E-state index is 13.3. The average molecular weight is 361 g/mol. The molecule has 2 aliphatic rings. The SMILES string of the molecule is O=C1NC2(c3cccc(Cl)c3)c3ccccc3C(=O)N2c2ccccc21. The van der Waals surface area contributed by atoms with Crippen LogP contribution in [0.15, 0.2) is 72.8 Å². The van der Waals surface area contributed by atoms with Crippen LogP contribution < -0.4 is 10.2 Å². The summed E-state index contributed by atoms with van der Waals surface area (Å²) in [5.41, 5.74) is 2.03. The smallest absolute Gasteiger partial charge is 0.261 e. The molecule has 0 fully saturated rings.